The van der Waals surface area contributed by atoms with E-state index in [0.717, 1.165) is 11.0 Å². The van der Waals surface area contributed by atoms with E-state index < -0.39 is 23.5 Å². The SMILES string of the molecule is CN(CC(=O)Nc1ccc(Cl)c(Cl)c1)C(=O)CNC(=O)c1ccccc1F. The second-order valence-electron chi connectivity index (χ2n) is 5.59. The van der Waals surface area contributed by atoms with Crippen LogP contribution in [-0.4, -0.2) is 42.8 Å². The van der Waals surface area contributed by atoms with Gasteiger partial charge in [-0.3, -0.25) is 14.4 Å². The summed E-state index contributed by atoms with van der Waals surface area (Å²) in [7, 11) is 1.41. The molecule has 0 radical (unpaired) electrons. The Morgan fingerprint density at radius 1 is 1.07 bits per heavy atom. The number of carbonyl (C=O) groups is 3. The molecule has 0 atom stereocenters. The van der Waals surface area contributed by atoms with Gasteiger partial charge in [-0.2, -0.15) is 0 Å². The molecule has 2 aromatic rings. The van der Waals surface area contributed by atoms with Gasteiger partial charge in [0.15, 0.2) is 0 Å². The van der Waals surface area contributed by atoms with Crippen molar-refractivity contribution in [2.75, 3.05) is 25.5 Å². The van der Waals surface area contributed by atoms with Crippen LogP contribution >= 0.6 is 23.2 Å². The lowest BCUT2D eigenvalue weighted by molar-refractivity contribution is -0.132. The van der Waals surface area contributed by atoms with E-state index in [1.54, 1.807) is 6.07 Å². The number of likely N-dealkylation sites (N-methyl/N-ethyl adjacent to an activating group) is 1. The summed E-state index contributed by atoms with van der Waals surface area (Å²) < 4.78 is 13.5. The Kier molecular flexibility index (Phi) is 7.15. The molecule has 0 saturated carbocycles. The number of hydrogen-bond donors (Lipinski definition) is 2. The Bertz CT molecular complexity index is 877. The largest absolute Gasteiger partial charge is 0.343 e. The fourth-order valence-electron chi connectivity index (χ4n) is 2.11. The minimum atomic E-state index is -0.713. The lowest BCUT2D eigenvalue weighted by Gasteiger charge is -2.17. The molecule has 3 amide bonds. The van der Waals surface area contributed by atoms with Gasteiger partial charge in [-0.15, -0.1) is 0 Å². The third-order valence-electron chi connectivity index (χ3n) is 3.53. The lowest BCUT2D eigenvalue weighted by atomic mass is 10.2. The first-order chi connectivity index (χ1) is 12.8. The van der Waals surface area contributed by atoms with E-state index in [0.29, 0.717) is 10.7 Å². The fourth-order valence-corrected chi connectivity index (χ4v) is 2.41. The Hall–Kier alpha value is -2.64. The number of halogens is 3. The van der Waals surface area contributed by atoms with Crippen LogP contribution in [0.15, 0.2) is 42.5 Å². The van der Waals surface area contributed by atoms with Crippen molar-refractivity contribution in [1.82, 2.24) is 10.2 Å². The first kappa shape index (κ1) is 20.7. The molecule has 6 nitrogen and oxygen atoms in total. The molecule has 0 aliphatic carbocycles. The Morgan fingerprint density at radius 3 is 2.44 bits per heavy atom. The van der Waals surface area contributed by atoms with Crippen LogP contribution in [0.1, 0.15) is 10.4 Å². The maximum atomic E-state index is 13.5. The Balaban J connectivity index is 1.84. The zero-order valence-corrected chi connectivity index (χ0v) is 15.8. The molecule has 0 heterocycles. The van der Waals surface area contributed by atoms with Crippen LogP contribution in [0.5, 0.6) is 0 Å². The molecule has 0 aliphatic rings. The molecule has 0 bridgehead atoms. The van der Waals surface area contributed by atoms with E-state index in [1.807, 2.05) is 0 Å². The van der Waals surface area contributed by atoms with Crippen molar-refractivity contribution in [3.05, 3.63) is 63.9 Å². The van der Waals surface area contributed by atoms with Crippen molar-refractivity contribution in [3.63, 3.8) is 0 Å². The lowest BCUT2D eigenvalue weighted by Crippen LogP contribution is -2.41. The topological polar surface area (TPSA) is 78.5 Å². The number of hydrogen-bond acceptors (Lipinski definition) is 3. The van der Waals surface area contributed by atoms with Gasteiger partial charge < -0.3 is 15.5 Å². The average Bonchev–Trinajstić information content (AvgIpc) is 2.62. The molecule has 2 aromatic carbocycles. The van der Waals surface area contributed by atoms with Gasteiger partial charge in [0, 0.05) is 12.7 Å². The molecule has 2 rings (SSSR count). The van der Waals surface area contributed by atoms with E-state index in [-0.39, 0.29) is 23.7 Å². The van der Waals surface area contributed by atoms with Gasteiger partial charge in [-0.25, -0.2) is 4.39 Å². The molecule has 0 saturated heterocycles. The molecule has 142 valence electrons. The second-order valence-corrected chi connectivity index (χ2v) is 6.40. The minimum absolute atomic E-state index is 0.162. The van der Waals surface area contributed by atoms with Gasteiger partial charge >= 0.3 is 0 Å². The van der Waals surface area contributed by atoms with Gasteiger partial charge in [-0.05, 0) is 30.3 Å². The highest BCUT2D eigenvalue weighted by Gasteiger charge is 2.16. The predicted octanol–water partition coefficient (Wildman–Crippen LogP) is 2.96. The third kappa shape index (κ3) is 5.94. The number of carbonyl (C=O) groups excluding carboxylic acids is 3. The Morgan fingerprint density at radius 2 is 1.78 bits per heavy atom. The summed E-state index contributed by atoms with van der Waals surface area (Å²) in [6.45, 7) is -0.613. The quantitative estimate of drug-likeness (QED) is 0.766. The van der Waals surface area contributed by atoms with Crippen LogP contribution < -0.4 is 10.6 Å². The number of nitrogens with one attached hydrogen (secondary N) is 2. The van der Waals surface area contributed by atoms with Gasteiger partial charge in [0.1, 0.15) is 5.82 Å². The van der Waals surface area contributed by atoms with Gasteiger partial charge in [0.2, 0.25) is 11.8 Å². The normalized spacial score (nSPS) is 10.2. The van der Waals surface area contributed by atoms with Gasteiger partial charge in [-0.1, -0.05) is 35.3 Å². The first-order valence-corrected chi connectivity index (χ1v) is 8.55. The summed E-state index contributed by atoms with van der Waals surface area (Å²) in [5.41, 5.74) is 0.272. The van der Waals surface area contributed by atoms with Crippen molar-refractivity contribution < 1.29 is 18.8 Å². The summed E-state index contributed by atoms with van der Waals surface area (Å²) in [6, 6.07) is 10.0. The van der Waals surface area contributed by atoms with Crippen LogP contribution in [0.4, 0.5) is 10.1 Å². The van der Waals surface area contributed by atoms with Gasteiger partial charge in [0.25, 0.3) is 5.91 Å². The highest BCUT2D eigenvalue weighted by molar-refractivity contribution is 6.42. The maximum Gasteiger partial charge on any atom is 0.254 e. The molecular formula is C18H16Cl2FN3O3. The van der Waals surface area contributed by atoms with Crippen LogP contribution in [0, 0.1) is 5.82 Å². The monoisotopic (exact) mass is 411 g/mol. The van der Waals surface area contributed by atoms with E-state index in [2.05, 4.69) is 10.6 Å². The number of benzene rings is 2. The van der Waals surface area contributed by atoms with Crippen LogP contribution in [0.25, 0.3) is 0 Å². The summed E-state index contributed by atoms with van der Waals surface area (Å²) in [5, 5.41) is 5.55. The summed E-state index contributed by atoms with van der Waals surface area (Å²) >= 11 is 11.7. The van der Waals surface area contributed by atoms with E-state index in [1.165, 1.54) is 37.4 Å². The zero-order valence-electron chi connectivity index (χ0n) is 14.3. The second kappa shape index (κ2) is 9.34. The predicted molar refractivity (Wildman–Crippen MR) is 101 cm³/mol. The summed E-state index contributed by atoms with van der Waals surface area (Å²) in [6.07, 6.45) is 0. The molecule has 0 unspecified atom stereocenters. The standard InChI is InChI=1S/C18H16Cl2FN3O3/c1-24(10-16(25)23-11-6-7-13(19)14(20)8-11)17(26)9-22-18(27)12-4-2-3-5-15(12)21/h2-8H,9-10H2,1H3,(H,22,27)(H,23,25). The highest BCUT2D eigenvalue weighted by atomic mass is 35.5. The number of anilines is 1. The van der Waals surface area contributed by atoms with Crippen LogP contribution in [-0.2, 0) is 9.59 Å². The van der Waals surface area contributed by atoms with E-state index >= 15 is 0 Å². The van der Waals surface area contributed by atoms with Crippen LogP contribution in [0.3, 0.4) is 0 Å². The molecule has 2 N–H and O–H groups in total. The minimum Gasteiger partial charge on any atom is -0.343 e. The molecule has 0 aliphatic heterocycles. The van der Waals surface area contributed by atoms with E-state index in [9.17, 15) is 18.8 Å². The zero-order chi connectivity index (χ0) is 20.0. The molecule has 0 spiro atoms. The summed E-state index contributed by atoms with van der Waals surface area (Å²) in [5.74, 6) is -2.36. The van der Waals surface area contributed by atoms with E-state index in [4.69, 9.17) is 23.2 Å². The molecule has 9 heteroatoms. The fraction of sp³-hybridized carbons (Fsp3) is 0.167. The third-order valence-corrected chi connectivity index (χ3v) is 4.27. The maximum absolute atomic E-state index is 13.5. The number of rotatable bonds is 6. The van der Waals surface area contributed by atoms with Crippen LogP contribution in [0.2, 0.25) is 10.0 Å². The van der Waals surface area contributed by atoms with Gasteiger partial charge in [0.05, 0.1) is 28.7 Å². The highest BCUT2D eigenvalue weighted by Crippen LogP contribution is 2.24. The van der Waals surface area contributed by atoms with Crippen molar-refractivity contribution >= 4 is 46.6 Å². The van der Waals surface area contributed by atoms with Crippen molar-refractivity contribution in [3.8, 4) is 0 Å². The smallest absolute Gasteiger partial charge is 0.254 e. The van der Waals surface area contributed by atoms with Crippen molar-refractivity contribution in [2.24, 2.45) is 0 Å². The molecule has 0 fully saturated rings. The van der Waals surface area contributed by atoms with Crippen molar-refractivity contribution in [1.29, 1.82) is 0 Å². The Labute approximate surface area is 165 Å². The van der Waals surface area contributed by atoms with Crippen molar-refractivity contribution in [2.45, 2.75) is 0 Å². The average molecular weight is 412 g/mol. The molecule has 27 heavy (non-hydrogen) atoms. The summed E-state index contributed by atoms with van der Waals surface area (Å²) in [4.78, 5) is 37.1. The number of nitrogens with zero attached hydrogens (tertiary/aromatic N) is 1. The first-order valence-electron chi connectivity index (χ1n) is 7.79. The molecular weight excluding hydrogens is 396 g/mol. The molecule has 0 aromatic heterocycles. The number of amides is 3.